The number of fused-ring (bicyclic) bond motifs is 3. The molecule has 2 aromatic carbocycles. The molecule has 3 aromatic rings. The van der Waals surface area contributed by atoms with E-state index in [0.717, 1.165) is 12.1 Å². The highest BCUT2D eigenvalue weighted by molar-refractivity contribution is 5.88. The third-order valence-electron chi connectivity index (χ3n) is 14.2. The van der Waals surface area contributed by atoms with E-state index in [4.69, 9.17) is 47.0 Å². The molecule has 24 nitrogen and oxygen atoms in total. The summed E-state index contributed by atoms with van der Waals surface area (Å²) in [6, 6.07) is 7.81. The van der Waals surface area contributed by atoms with Crippen LogP contribution >= 0.6 is 0 Å². The molecule has 5 fully saturated rings. The summed E-state index contributed by atoms with van der Waals surface area (Å²) < 4.78 is 57.1. The maximum absolute atomic E-state index is 14.4. The third kappa shape index (κ3) is 9.72. The second-order valence-electron chi connectivity index (χ2n) is 19.3. The summed E-state index contributed by atoms with van der Waals surface area (Å²) in [7, 11) is 1.30. The van der Waals surface area contributed by atoms with Gasteiger partial charge in [0.05, 0.1) is 39.6 Å². The molecule has 0 amide bonds. The Morgan fingerprint density at radius 2 is 1.49 bits per heavy atom. The minimum atomic E-state index is -2.32. The number of esters is 1. The molecule has 4 aliphatic heterocycles. The van der Waals surface area contributed by atoms with Crippen LogP contribution in [0.25, 0.3) is 22.3 Å². The van der Waals surface area contributed by atoms with Crippen LogP contribution in [0.15, 0.2) is 69.4 Å². The number of carbonyl (C=O) groups is 1. The van der Waals surface area contributed by atoms with Gasteiger partial charge >= 0.3 is 5.97 Å². The number of aliphatic hydroxyl groups is 11. The summed E-state index contributed by atoms with van der Waals surface area (Å²) >= 11 is 0. The van der Waals surface area contributed by atoms with Crippen LogP contribution in [0.1, 0.15) is 33.6 Å². The molecular weight excluding hydrogens is 961 g/mol. The van der Waals surface area contributed by atoms with Gasteiger partial charge < -0.3 is 108 Å². The number of phenolic OH excluding ortho intramolecular Hbond substituents is 1. The van der Waals surface area contributed by atoms with Crippen LogP contribution in [0.3, 0.4) is 0 Å². The fourth-order valence-electron chi connectivity index (χ4n) is 9.87. The molecule has 0 spiro atoms. The maximum Gasteiger partial charge on any atom is 0.331 e. The van der Waals surface area contributed by atoms with Gasteiger partial charge in [0.15, 0.2) is 23.8 Å². The Kier molecular flexibility index (Phi) is 15.2. The van der Waals surface area contributed by atoms with Crippen LogP contribution in [-0.2, 0) is 33.2 Å². The van der Waals surface area contributed by atoms with Crippen LogP contribution in [0.2, 0.25) is 0 Å². The maximum atomic E-state index is 14.4. The van der Waals surface area contributed by atoms with Gasteiger partial charge in [-0.3, -0.25) is 4.79 Å². The minimum Gasteiger partial charge on any atom is -0.507 e. The Morgan fingerprint density at radius 3 is 2.14 bits per heavy atom. The van der Waals surface area contributed by atoms with Gasteiger partial charge in [-0.25, -0.2) is 4.79 Å². The lowest BCUT2D eigenvalue weighted by atomic mass is 9.59. The molecule has 72 heavy (non-hydrogen) atoms. The van der Waals surface area contributed by atoms with Gasteiger partial charge in [-0.05, 0) is 56.2 Å². The summed E-state index contributed by atoms with van der Waals surface area (Å²) in [6.07, 6.45) is -17.2. The molecule has 5 aliphatic rings. The van der Waals surface area contributed by atoms with Gasteiger partial charge in [-0.15, -0.1) is 0 Å². The first-order chi connectivity index (χ1) is 34.0. The molecule has 1 saturated carbocycles. The number of methoxy groups -OCH3 is 1. The predicted molar refractivity (Wildman–Crippen MR) is 241 cm³/mol. The fourth-order valence-corrected chi connectivity index (χ4v) is 9.87. The van der Waals surface area contributed by atoms with E-state index in [1.165, 1.54) is 49.6 Å². The molecule has 2 bridgehead atoms. The number of phenols is 1. The lowest BCUT2D eigenvalue weighted by Crippen LogP contribution is -2.62. The van der Waals surface area contributed by atoms with E-state index < -0.39 is 157 Å². The molecule has 12 N–H and O–H groups in total. The molecule has 0 radical (unpaired) electrons. The standard InChI is InChI=1S/C48H60O24/c1-21(9-10-48(62)45(2)14-23(51)15-46(48,3)66-18-45)11-30(53)64-19-47(61)20-65-44(41(47)60)72-40-36(58)33(55)29(17-50)70-43(40)71-39-34(56)31-26(52)12-25(63-4)13-27(31)68-38(39)22-5-7-24(8-6-22)67-42-37(59)35(57)32(54)28(16-49)69-42/h5-13,23,28-29,32-33,35-37,40-44,49-52,54-55,57-62H,14-20H2,1-4H3/b10-9+,21-11+/t23-,28+,29+,32+,33+,35-,36-,37+,40+,41-,42+,43-,44-,45+,46-,47+,48-/m0/s1. The van der Waals surface area contributed by atoms with Crippen molar-refractivity contribution in [1.82, 2.24) is 0 Å². The zero-order valence-electron chi connectivity index (χ0n) is 39.4. The van der Waals surface area contributed by atoms with Crippen molar-refractivity contribution < 1.29 is 113 Å². The monoisotopic (exact) mass is 1020 g/mol. The average molecular weight is 1020 g/mol. The van der Waals surface area contributed by atoms with Gasteiger partial charge in [-0.2, -0.15) is 0 Å². The molecule has 17 atom stereocenters. The van der Waals surface area contributed by atoms with E-state index in [1.807, 2.05) is 0 Å². The number of carbonyl (C=O) groups excluding carboxylic acids is 1. The SMILES string of the molecule is COc1cc(O)c2c(=O)c(O[C@@H]3O[C@H](CO)[C@@H](O)[C@H](O)[C@H]3O[C@@H]3OC[C@](O)(COC(=O)/C=C(C)/C=C/[C@]4(O)[C@@]5(C)CO[C@@]4(C)C[C@@H](O)C5)[C@H]3O)c(-c3ccc(O[C@@H]4O[C@H](CO)[C@@H](O)[C@H](O)[C@H]4O)cc3)oc2c1. The molecule has 0 unspecified atom stereocenters. The van der Waals surface area contributed by atoms with Crippen LogP contribution in [0.5, 0.6) is 23.0 Å². The van der Waals surface area contributed by atoms with Crippen LogP contribution in [-0.4, -0.2) is 204 Å². The largest absolute Gasteiger partial charge is 0.507 e. The molecule has 4 saturated heterocycles. The van der Waals surface area contributed by atoms with Crippen molar-refractivity contribution in [2.45, 2.75) is 130 Å². The first-order valence-corrected chi connectivity index (χ1v) is 23.0. The molecule has 1 aliphatic carbocycles. The normalized spacial score (nSPS) is 39.1. The smallest absolute Gasteiger partial charge is 0.331 e. The van der Waals surface area contributed by atoms with Crippen molar-refractivity contribution in [3.63, 3.8) is 0 Å². The van der Waals surface area contributed by atoms with Crippen molar-refractivity contribution in [2.24, 2.45) is 5.41 Å². The number of allylic oxidation sites excluding steroid dienone is 2. The second-order valence-corrected chi connectivity index (χ2v) is 19.3. The van der Waals surface area contributed by atoms with E-state index in [-0.39, 0.29) is 41.4 Å². The van der Waals surface area contributed by atoms with E-state index in [9.17, 15) is 70.9 Å². The van der Waals surface area contributed by atoms with Crippen molar-refractivity contribution in [3.05, 3.63) is 70.4 Å². The van der Waals surface area contributed by atoms with Crippen molar-refractivity contribution in [3.8, 4) is 34.3 Å². The molecule has 1 aromatic heterocycles. The van der Waals surface area contributed by atoms with Gasteiger partial charge in [-0.1, -0.05) is 13.0 Å². The highest BCUT2D eigenvalue weighted by Crippen LogP contribution is 2.57. The zero-order chi connectivity index (χ0) is 52.2. The first kappa shape index (κ1) is 53.5. The summed E-state index contributed by atoms with van der Waals surface area (Å²) in [5, 5.41) is 128. The van der Waals surface area contributed by atoms with E-state index >= 15 is 0 Å². The Bertz CT molecular complexity index is 2540. The van der Waals surface area contributed by atoms with Gasteiger partial charge in [0, 0.05) is 35.6 Å². The van der Waals surface area contributed by atoms with Crippen molar-refractivity contribution in [1.29, 1.82) is 0 Å². The number of rotatable bonds is 15. The van der Waals surface area contributed by atoms with E-state index in [0.29, 0.717) is 12.0 Å². The molecule has 5 heterocycles. The molecule has 24 heteroatoms. The summed E-state index contributed by atoms with van der Waals surface area (Å²) in [6.45, 7) is 2.16. The van der Waals surface area contributed by atoms with Gasteiger partial charge in [0.2, 0.25) is 23.8 Å². The average Bonchev–Trinajstić information content (AvgIpc) is 3.66. The lowest BCUT2D eigenvalue weighted by Gasteiger charge is -2.49. The summed E-state index contributed by atoms with van der Waals surface area (Å²) in [5.41, 5.74) is -6.45. The molecule has 396 valence electrons. The van der Waals surface area contributed by atoms with Crippen LogP contribution in [0, 0.1) is 5.41 Å². The highest BCUT2D eigenvalue weighted by Gasteiger charge is 2.67. The predicted octanol–water partition coefficient (Wildman–Crippen LogP) is -2.27. The number of aliphatic hydroxyl groups excluding tert-OH is 9. The topological polar surface area (TPSA) is 373 Å². The number of ether oxygens (including phenoxy) is 9. The number of hydrogen-bond donors (Lipinski definition) is 12. The second kappa shape index (κ2) is 20.5. The van der Waals surface area contributed by atoms with Crippen LogP contribution in [0.4, 0.5) is 0 Å². The Balaban J connectivity index is 1.01. The van der Waals surface area contributed by atoms with Crippen molar-refractivity contribution in [2.75, 3.05) is 40.1 Å². The lowest BCUT2D eigenvalue weighted by molar-refractivity contribution is -0.319. The molecule has 8 rings (SSSR count). The van der Waals surface area contributed by atoms with E-state index in [2.05, 4.69) is 0 Å². The third-order valence-corrected chi connectivity index (χ3v) is 14.2. The van der Waals surface area contributed by atoms with E-state index in [1.54, 1.807) is 20.8 Å². The first-order valence-electron chi connectivity index (χ1n) is 23.0. The van der Waals surface area contributed by atoms with Gasteiger partial charge in [0.25, 0.3) is 0 Å². The van der Waals surface area contributed by atoms with Crippen molar-refractivity contribution >= 4 is 16.9 Å². The van der Waals surface area contributed by atoms with Crippen LogP contribution < -0.4 is 19.6 Å². The summed E-state index contributed by atoms with van der Waals surface area (Å²) in [5.74, 6) is -2.47. The Hall–Kier alpha value is -4.84. The highest BCUT2D eigenvalue weighted by atomic mass is 16.8. The molecular formula is C48H60O24. The number of hydrogen-bond acceptors (Lipinski definition) is 24. The Morgan fingerprint density at radius 1 is 0.819 bits per heavy atom. The zero-order valence-corrected chi connectivity index (χ0v) is 39.4. The fraction of sp³-hybridized carbons (Fsp3) is 0.583. The minimum absolute atomic E-state index is 0.0214. The Labute approximate surface area is 409 Å². The number of benzene rings is 2. The van der Waals surface area contributed by atoms with Gasteiger partial charge in [0.1, 0.15) is 94.9 Å². The summed E-state index contributed by atoms with van der Waals surface area (Å²) in [4.78, 5) is 27.4. The number of aromatic hydroxyl groups is 1. The quantitative estimate of drug-likeness (QED) is 0.0434.